The van der Waals surface area contributed by atoms with Crippen LogP contribution in [0.1, 0.15) is 17.5 Å². The summed E-state index contributed by atoms with van der Waals surface area (Å²) in [6.45, 7) is 8.49. The summed E-state index contributed by atoms with van der Waals surface area (Å²) < 4.78 is 7.76. The zero-order valence-corrected chi connectivity index (χ0v) is 15.5. The number of nitrogens with zero attached hydrogens (tertiary/aromatic N) is 4. The molecule has 2 aromatic rings. The lowest BCUT2D eigenvalue weighted by molar-refractivity contribution is 0.101. The number of aryl methyl sites for hydroxylation is 1. The number of hydrogen-bond acceptors (Lipinski definition) is 5. The maximum absolute atomic E-state index is 12.5. The fourth-order valence-electron chi connectivity index (χ4n) is 3.00. The van der Waals surface area contributed by atoms with Gasteiger partial charge < -0.3 is 19.5 Å². The summed E-state index contributed by atoms with van der Waals surface area (Å²) in [5.41, 5.74) is 0.668. The third kappa shape index (κ3) is 4.62. The van der Waals surface area contributed by atoms with Crippen molar-refractivity contribution in [2.75, 3.05) is 51.7 Å². The van der Waals surface area contributed by atoms with Crippen LogP contribution in [-0.2, 0) is 6.54 Å². The Hall–Kier alpha value is -2.38. The Labute approximate surface area is 154 Å². The number of imidazole rings is 1. The highest BCUT2D eigenvalue weighted by Gasteiger charge is 2.16. The van der Waals surface area contributed by atoms with Gasteiger partial charge in [0.25, 0.3) is 5.91 Å². The molecule has 1 aliphatic heterocycles. The molecule has 1 aliphatic rings. The van der Waals surface area contributed by atoms with Crippen LogP contribution >= 0.6 is 0 Å². The van der Waals surface area contributed by atoms with Crippen LogP contribution in [-0.4, -0.2) is 71.6 Å². The topological polar surface area (TPSA) is 62.6 Å². The largest absolute Gasteiger partial charge is 0.490 e. The van der Waals surface area contributed by atoms with Gasteiger partial charge in [0.1, 0.15) is 12.4 Å². The maximum Gasteiger partial charge on any atom is 0.291 e. The Kier molecular flexibility index (Phi) is 6.25. The van der Waals surface area contributed by atoms with Gasteiger partial charge in [-0.15, -0.1) is 0 Å². The van der Waals surface area contributed by atoms with Crippen molar-refractivity contribution >= 4 is 11.6 Å². The average molecular weight is 357 g/mol. The van der Waals surface area contributed by atoms with Gasteiger partial charge in [-0.05, 0) is 26.1 Å². The van der Waals surface area contributed by atoms with Gasteiger partial charge in [0.05, 0.1) is 5.69 Å². The van der Waals surface area contributed by atoms with E-state index in [0.717, 1.165) is 32.7 Å². The van der Waals surface area contributed by atoms with Crippen LogP contribution < -0.4 is 10.1 Å². The molecule has 7 heteroatoms. The molecular weight excluding hydrogens is 330 g/mol. The normalized spacial score (nSPS) is 15.8. The number of benzene rings is 1. The van der Waals surface area contributed by atoms with Gasteiger partial charge >= 0.3 is 0 Å². The number of nitrogens with one attached hydrogen (secondary N) is 1. The average Bonchev–Trinajstić information content (AvgIpc) is 3.14. The second-order valence-electron chi connectivity index (χ2n) is 6.48. The first-order chi connectivity index (χ1) is 12.7. The number of likely N-dealkylation sites (N-methyl/N-ethyl adjacent to an activating group) is 1. The zero-order chi connectivity index (χ0) is 18.4. The minimum absolute atomic E-state index is 0.230. The van der Waals surface area contributed by atoms with Crippen LogP contribution in [0.4, 0.5) is 5.69 Å². The molecule has 7 nitrogen and oxygen atoms in total. The molecule has 0 saturated carbocycles. The van der Waals surface area contributed by atoms with Crippen LogP contribution in [0.25, 0.3) is 0 Å². The van der Waals surface area contributed by atoms with Gasteiger partial charge in [-0.25, -0.2) is 4.98 Å². The number of para-hydroxylation sites is 2. The van der Waals surface area contributed by atoms with Crippen LogP contribution in [0.3, 0.4) is 0 Å². The maximum atomic E-state index is 12.5. The summed E-state index contributed by atoms with van der Waals surface area (Å²) in [5, 5.41) is 2.91. The zero-order valence-electron chi connectivity index (χ0n) is 15.5. The molecule has 1 saturated heterocycles. The number of aromatic nitrogens is 2. The number of carbonyl (C=O) groups is 1. The predicted octanol–water partition coefficient (Wildman–Crippen LogP) is 1.78. The second-order valence-corrected chi connectivity index (χ2v) is 6.48. The smallest absolute Gasteiger partial charge is 0.291 e. The first-order valence-corrected chi connectivity index (χ1v) is 9.12. The van der Waals surface area contributed by atoms with Crippen LogP contribution in [0.15, 0.2) is 36.7 Å². The van der Waals surface area contributed by atoms with Crippen molar-refractivity contribution in [3.05, 3.63) is 42.5 Å². The van der Waals surface area contributed by atoms with E-state index in [4.69, 9.17) is 4.74 Å². The minimum Gasteiger partial charge on any atom is -0.490 e. The molecule has 140 valence electrons. The summed E-state index contributed by atoms with van der Waals surface area (Å²) in [6.07, 6.45) is 3.43. The molecule has 1 fully saturated rings. The quantitative estimate of drug-likeness (QED) is 0.818. The van der Waals surface area contributed by atoms with Crippen LogP contribution in [0.2, 0.25) is 0 Å². The fraction of sp³-hybridized carbons (Fsp3) is 0.474. The van der Waals surface area contributed by atoms with Gasteiger partial charge in [0.2, 0.25) is 0 Å². The van der Waals surface area contributed by atoms with E-state index in [1.165, 1.54) is 0 Å². The molecule has 1 N–H and O–H groups in total. The molecule has 1 aromatic heterocycles. The third-order valence-electron chi connectivity index (χ3n) is 4.66. The van der Waals surface area contributed by atoms with Gasteiger partial charge in [-0.1, -0.05) is 12.1 Å². The van der Waals surface area contributed by atoms with Crippen molar-refractivity contribution in [1.82, 2.24) is 19.4 Å². The highest BCUT2D eigenvalue weighted by atomic mass is 16.5. The SMILES string of the molecule is CCn1ccnc1C(=O)Nc1ccccc1OCCN1CCN(C)CC1. The number of rotatable bonds is 7. The third-order valence-corrected chi connectivity index (χ3v) is 4.66. The lowest BCUT2D eigenvalue weighted by atomic mass is 10.3. The molecule has 1 aromatic carbocycles. The number of hydrogen-bond donors (Lipinski definition) is 1. The highest BCUT2D eigenvalue weighted by molar-refractivity contribution is 6.02. The molecule has 26 heavy (non-hydrogen) atoms. The van der Waals surface area contributed by atoms with Gasteiger partial charge in [0, 0.05) is 51.7 Å². The Morgan fingerprint density at radius 2 is 2.00 bits per heavy atom. The Balaban J connectivity index is 1.57. The minimum atomic E-state index is -0.230. The van der Waals surface area contributed by atoms with E-state index < -0.39 is 0 Å². The van der Waals surface area contributed by atoms with E-state index in [-0.39, 0.29) is 5.91 Å². The molecule has 0 bridgehead atoms. The number of amides is 1. The molecule has 0 radical (unpaired) electrons. The molecule has 2 heterocycles. The number of ether oxygens (including phenoxy) is 1. The number of anilines is 1. The van der Waals surface area contributed by atoms with Crippen molar-refractivity contribution in [3.63, 3.8) is 0 Å². The summed E-state index contributed by atoms with van der Waals surface area (Å²) in [7, 11) is 2.15. The summed E-state index contributed by atoms with van der Waals surface area (Å²) in [4.78, 5) is 21.4. The van der Waals surface area contributed by atoms with Gasteiger partial charge in [-0.2, -0.15) is 0 Å². The van der Waals surface area contributed by atoms with E-state index in [1.807, 2.05) is 35.8 Å². The molecule has 0 atom stereocenters. The van der Waals surface area contributed by atoms with Gasteiger partial charge in [0.15, 0.2) is 5.82 Å². The number of carbonyl (C=O) groups excluding carboxylic acids is 1. The van der Waals surface area contributed by atoms with Crippen LogP contribution in [0.5, 0.6) is 5.75 Å². The molecule has 1 amide bonds. The first-order valence-electron chi connectivity index (χ1n) is 9.12. The molecule has 3 rings (SSSR count). The Bertz CT molecular complexity index is 722. The highest BCUT2D eigenvalue weighted by Crippen LogP contribution is 2.24. The summed E-state index contributed by atoms with van der Waals surface area (Å²) in [5.74, 6) is 0.858. The van der Waals surface area contributed by atoms with E-state index in [1.54, 1.807) is 12.4 Å². The predicted molar refractivity (Wildman–Crippen MR) is 102 cm³/mol. The van der Waals surface area contributed by atoms with Crippen molar-refractivity contribution < 1.29 is 9.53 Å². The van der Waals surface area contributed by atoms with Crippen molar-refractivity contribution in [3.8, 4) is 5.75 Å². The molecule has 0 spiro atoms. The molecule has 0 unspecified atom stereocenters. The molecular formula is C19H27N5O2. The van der Waals surface area contributed by atoms with Crippen molar-refractivity contribution in [2.45, 2.75) is 13.5 Å². The van der Waals surface area contributed by atoms with E-state index in [9.17, 15) is 4.79 Å². The van der Waals surface area contributed by atoms with Crippen molar-refractivity contribution in [1.29, 1.82) is 0 Å². The summed E-state index contributed by atoms with van der Waals surface area (Å²) in [6, 6.07) is 7.53. The number of piperazine rings is 1. The first kappa shape index (κ1) is 18.4. The van der Waals surface area contributed by atoms with E-state index in [0.29, 0.717) is 30.4 Å². The van der Waals surface area contributed by atoms with Crippen molar-refractivity contribution in [2.24, 2.45) is 0 Å². The standard InChI is InChI=1S/C19H27N5O2/c1-3-24-9-8-20-18(24)19(25)21-16-6-4-5-7-17(16)26-15-14-23-12-10-22(2)11-13-23/h4-9H,3,10-15H2,1-2H3,(H,21,25). The van der Waals surface area contributed by atoms with Crippen LogP contribution in [0, 0.1) is 0 Å². The summed E-state index contributed by atoms with van der Waals surface area (Å²) >= 11 is 0. The Morgan fingerprint density at radius 1 is 1.23 bits per heavy atom. The van der Waals surface area contributed by atoms with E-state index >= 15 is 0 Å². The fourth-order valence-corrected chi connectivity index (χ4v) is 3.00. The van der Waals surface area contributed by atoms with E-state index in [2.05, 4.69) is 27.1 Å². The monoisotopic (exact) mass is 357 g/mol. The van der Waals surface area contributed by atoms with Gasteiger partial charge in [-0.3, -0.25) is 9.69 Å². The Morgan fingerprint density at radius 3 is 2.77 bits per heavy atom. The lowest BCUT2D eigenvalue weighted by Crippen LogP contribution is -2.45. The second kappa shape index (κ2) is 8.82. The molecule has 0 aliphatic carbocycles. The lowest BCUT2D eigenvalue weighted by Gasteiger charge is -2.32.